The third-order valence-electron chi connectivity index (χ3n) is 0.575. The molecule has 0 nitrogen and oxygen atoms in total. The van der Waals surface area contributed by atoms with Gasteiger partial charge < -0.3 is 0 Å². The van der Waals surface area contributed by atoms with E-state index in [9.17, 15) is 13.2 Å². The molecule has 62 valence electrons. The minimum absolute atomic E-state index is 2.47. The first-order valence-corrected chi connectivity index (χ1v) is 3.50. The molecule has 1 atom stereocenters. The maximum Gasteiger partial charge on any atom is 0.343 e. The maximum absolute atomic E-state index is 12.1. The smallest absolute Gasteiger partial charge is 0.206 e. The van der Waals surface area contributed by atoms with E-state index in [-0.39, 0.29) is 0 Å². The van der Waals surface area contributed by atoms with Crippen LogP contribution in [0.25, 0.3) is 0 Å². The van der Waals surface area contributed by atoms with E-state index >= 15 is 0 Å². The van der Waals surface area contributed by atoms with Crippen LogP contribution in [0.5, 0.6) is 0 Å². The molecule has 10 heavy (non-hydrogen) atoms. The Morgan fingerprint density at radius 1 is 1.00 bits per heavy atom. The standard InChI is InChI=1S/C3HCl4F3/c4-1(2(5,6)8)3(7,9)10/h1H. The van der Waals surface area contributed by atoms with Crippen LogP contribution >= 0.6 is 46.4 Å². The molecular weight excluding hydrogens is 235 g/mol. The van der Waals surface area contributed by atoms with Crippen LogP contribution in [0.15, 0.2) is 0 Å². The highest BCUT2D eigenvalue weighted by Crippen LogP contribution is 2.41. The Morgan fingerprint density at radius 2 is 1.30 bits per heavy atom. The zero-order valence-corrected chi connectivity index (χ0v) is 7.25. The van der Waals surface area contributed by atoms with E-state index in [1.165, 1.54) is 0 Å². The molecule has 7 heteroatoms. The highest BCUT2D eigenvalue weighted by molar-refractivity contribution is 6.52. The SMILES string of the molecule is FC(F)(Cl)C(Cl)C(F)(Cl)Cl. The van der Waals surface area contributed by atoms with E-state index in [1.807, 2.05) is 0 Å². The second-order valence-corrected chi connectivity index (χ2v) is 3.68. The first-order valence-electron chi connectivity index (χ1n) is 1.93. The lowest BCUT2D eigenvalue weighted by Crippen LogP contribution is -2.34. The van der Waals surface area contributed by atoms with Crippen LogP contribution in [0, 0.1) is 0 Å². The molecule has 0 aromatic heterocycles. The van der Waals surface area contributed by atoms with E-state index in [2.05, 4.69) is 34.8 Å². The van der Waals surface area contributed by atoms with Crippen molar-refractivity contribution in [3.05, 3.63) is 0 Å². The van der Waals surface area contributed by atoms with Crippen LogP contribution in [0.4, 0.5) is 13.2 Å². The van der Waals surface area contributed by atoms with E-state index in [0.717, 1.165) is 0 Å². The molecule has 0 N–H and O–H groups in total. The monoisotopic (exact) mass is 234 g/mol. The summed E-state index contributed by atoms with van der Waals surface area (Å²) in [6.07, 6.45) is 0. The Kier molecular flexibility index (Phi) is 3.43. The molecule has 0 aliphatic carbocycles. The van der Waals surface area contributed by atoms with E-state index in [0.29, 0.717) is 0 Å². The van der Waals surface area contributed by atoms with Crippen LogP contribution in [-0.2, 0) is 0 Å². The predicted octanol–water partition coefficient (Wildman–Crippen LogP) is 3.53. The van der Waals surface area contributed by atoms with Crippen LogP contribution in [0.2, 0.25) is 0 Å². The lowest BCUT2D eigenvalue weighted by atomic mass is 10.5. The van der Waals surface area contributed by atoms with Gasteiger partial charge in [0.15, 0.2) is 5.38 Å². The van der Waals surface area contributed by atoms with Crippen LogP contribution in [-0.4, -0.2) is 15.3 Å². The molecule has 0 aliphatic rings. The number of hydrogen-bond donors (Lipinski definition) is 0. The summed E-state index contributed by atoms with van der Waals surface area (Å²) in [6.45, 7) is 0. The van der Waals surface area contributed by atoms with Crippen molar-refractivity contribution in [1.29, 1.82) is 0 Å². The second kappa shape index (κ2) is 3.13. The summed E-state index contributed by atoms with van der Waals surface area (Å²) >= 11 is 18.1. The summed E-state index contributed by atoms with van der Waals surface area (Å²) in [5.41, 5.74) is 0. The maximum atomic E-state index is 12.1. The van der Waals surface area contributed by atoms with E-state index in [4.69, 9.17) is 11.6 Å². The molecule has 0 bridgehead atoms. The van der Waals surface area contributed by atoms with Gasteiger partial charge in [-0.3, -0.25) is 0 Å². The largest absolute Gasteiger partial charge is 0.343 e. The lowest BCUT2D eigenvalue weighted by molar-refractivity contribution is 0.0686. The van der Waals surface area contributed by atoms with Gasteiger partial charge in [0.1, 0.15) is 0 Å². The first kappa shape index (κ1) is 11.0. The topological polar surface area (TPSA) is 0 Å². The third kappa shape index (κ3) is 3.37. The molecule has 0 aliphatic heterocycles. The van der Waals surface area contributed by atoms with Crippen LogP contribution in [0.1, 0.15) is 0 Å². The molecule has 0 saturated carbocycles. The molecule has 0 rings (SSSR count). The Hall–Kier alpha value is 0.950. The highest BCUT2D eigenvalue weighted by atomic mass is 35.5. The predicted molar refractivity (Wildman–Crippen MR) is 36.0 cm³/mol. The van der Waals surface area contributed by atoms with Gasteiger partial charge >= 0.3 is 5.38 Å². The molecule has 0 radical (unpaired) electrons. The fourth-order valence-corrected chi connectivity index (χ4v) is 0.722. The third-order valence-corrected chi connectivity index (χ3v) is 2.14. The summed E-state index contributed by atoms with van der Waals surface area (Å²) in [7, 11) is 0. The number of alkyl halides is 7. The van der Waals surface area contributed by atoms with Gasteiger partial charge in [-0.15, -0.1) is 11.6 Å². The second-order valence-electron chi connectivity index (χ2n) is 1.45. The molecule has 0 aromatic carbocycles. The Balaban J connectivity index is 4.23. The number of rotatable bonds is 2. The van der Waals surface area contributed by atoms with Crippen molar-refractivity contribution in [3.63, 3.8) is 0 Å². The van der Waals surface area contributed by atoms with E-state index in [1.54, 1.807) is 0 Å². The van der Waals surface area contributed by atoms with Crippen molar-refractivity contribution in [3.8, 4) is 0 Å². The van der Waals surface area contributed by atoms with Gasteiger partial charge in [-0.1, -0.05) is 23.2 Å². The highest BCUT2D eigenvalue weighted by Gasteiger charge is 2.50. The molecule has 0 fully saturated rings. The molecule has 0 amide bonds. The first-order chi connectivity index (χ1) is 4.15. The fraction of sp³-hybridized carbons (Fsp3) is 1.00. The van der Waals surface area contributed by atoms with Gasteiger partial charge in [-0.25, -0.2) is 4.39 Å². The number of halogens is 7. The normalized spacial score (nSPS) is 17.1. The summed E-state index contributed by atoms with van der Waals surface area (Å²) in [5.74, 6) is 0. The zero-order valence-electron chi connectivity index (χ0n) is 4.22. The molecular formula is C3HCl4F3. The molecule has 0 heterocycles. The summed E-state index contributed by atoms with van der Waals surface area (Å²) < 4.78 is 32.6. The lowest BCUT2D eigenvalue weighted by Gasteiger charge is -2.19. The van der Waals surface area contributed by atoms with Crippen molar-refractivity contribution in [2.75, 3.05) is 0 Å². The number of hydrogen-bond acceptors (Lipinski definition) is 0. The van der Waals surface area contributed by atoms with Crippen molar-refractivity contribution >= 4 is 46.4 Å². The van der Waals surface area contributed by atoms with Gasteiger partial charge in [0, 0.05) is 0 Å². The van der Waals surface area contributed by atoms with Crippen molar-refractivity contribution in [1.82, 2.24) is 0 Å². The Bertz CT molecular complexity index is 99.9. The molecule has 1 unspecified atom stereocenters. The summed E-state index contributed by atoms with van der Waals surface area (Å²) in [6, 6.07) is 0. The van der Waals surface area contributed by atoms with Crippen molar-refractivity contribution in [2.45, 2.75) is 15.3 Å². The Morgan fingerprint density at radius 3 is 1.30 bits per heavy atom. The average Bonchev–Trinajstić information content (AvgIpc) is 1.59. The molecule has 0 saturated heterocycles. The summed E-state index contributed by atoms with van der Waals surface area (Å²) in [5, 5.41) is -6.43. The van der Waals surface area contributed by atoms with E-state index < -0.39 is 15.3 Å². The average molecular weight is 236 g/mol. The van der Waals surface area contributed by atoms with Gasteiger partial charge in [0.05, 0.1) is 0 Å². The van der Waals surface area contributed by atoms with Gasteiger partial charge in [-0.2, -0.15) is 8.78 Å². The zero-order chi connectivity index (χ0) is 8.58. The fourth-order valence-electron chi connectivity index (χ4n) is 0.186. The Labute approximate surface area is 75.2 Å². The molecule has 0 aromatic rings. The van der Waals surface area contributed by atoms with Crippen molar-refractivity contribution in [2.24, 2.45) is 0 Å². The summed E-state index contributed by atoms with van der Waals surface area (Å²) in [4.78, 5) is 0. The van der Waals surface area contributed by atoms with Crippen molar-refractivity contribution < 1.29 is 13.2 Å². The van der Waals surface area contributed by atoms with Gasteiger partial charge in [-0.05, 0) is 11.6 Å². The quantitative estimate of drug-likeness (QED) is 0.643. The van der Waals surface area contributed by atoms with Gasteiger partial charge in [0.2, 0.25) is 0 Å². The van der Waals surface area contributed by atoms with Crippen LogP contribution < -0.4 is 0 Å². The molecule has 0 spiro atoms. The minimum Gasteiger partial charge on any atom is -0.206 e. The van der Waals surface area contributed by atoms with Gasteiger partial charge in [0.25, 0.3) is 4.59 Å². The minimum atomic E-state index is -3.96. The van der Waals surface area contributed by atoms with Crippen LogP contribution in [0.3, 0.4) is 0 Å².